The van der Waals surface area contributed by atoms with Gasteiger partial charge in [0, 0.05) is 37.1 Å². The molecular formula is C21H33N3O4S2. The van der Waals surface area contributed by atoms with Crippen LogP contribution in [0.1, 0.15) is 57.2 Å². The maximum absolute atomic E-state index is 13.0. The quantitative estimate of drug-likeness (QED) is 0.611. The van der Waals surface area contributed by atoms with Gasteiger partial charge >= 0.3 is 0 Å². The average molecular weight is 456 g/mol. The second-order valence-electron chi connectivity index (χ2n) is 8.32. The zero-order valence-corrected chi connectivity index (χ0v) is 19.6. The summed E-state index contributed by atoms with van der Waals surface area (Å²) in [4.78, 5) is 27.9. The van der Waals surface area contributed by atoms with E-state index in [1.54, 1.807) is 17.0 Å². The van der Waals surface area contributed by atoms with Crippen LogP contribution >= 0.6 is 11.3 Å². The molecule has 30 heavy (non-hydrogen) atoms. The monoisotopic (exact) mass is 455 g/mol. The highest BCUT2D eigenvalue weighted by Gasteiger charge is 2.33. The van der Waals surface area contributed by atoms with Crippen LogP contribution < -0.4 is 5.32 Å². The van der Waals surface area contributed by atoms with Crippen molar-refractivity contribution in [3.8, 4) is 0 Å². The van der Waals surface area contributed by atoms with E-state index < -0.39 is 10.0 Å². The Balaban J connectivity index is 1.60. The smallest absolute Gasteiger partial charge is 0.252 e. The maximum atomic E-state index is 13.0. The second-order valence-corrected chi connectivity index (χ2v) is 11.7. The van der Waals surface area contributed by atoms with E-state index in [4.69, 9.17) is 0 Å². The van der Waals surface area contributed by atoms with E-state index >= 15 is 0 Å². The van der Waals surface area contributed by atoms with Crippen LogP contribution in [0.2, 0.25) is 0 Å². The summed E-state index contributed by atoms with van der Waals surface area (Å²) in [5.41, 5.74) is 0. The third-order valence-electron chi connectivity index (χ3n) is 6.02. The molecule has 0 spiro atoms. The summed E-state index contributed by atoms with van der Waals surface area (Å²) in [6, 6.07) is 3.45. The van der Waals surface area contributed by atoms with Crippen molar-refractivity contribution in [1.29, 1.82) is 0 Å². The summed E-state index contributed by atoms with van der Waals surface area (Å²) in [5, 5.41) is 2.98. The largest absolute Gasteiger partial charge is 0.356 e. The number of nitrogens with one attached hydrogen (secondary N) is 1. The number of likely N-dealkylation sites (tertiary alicyclic amines) is 1. The van der Waals surface area contributed by atoms with Gasteiger partial charge in [0.1, 0.15) is 4.21 Å². The van der Waals surface area contributed by atoms with Gasteiger partial charge in [-0.3, -0.25) is 9.59 Å². The average Bonchev–Trinajstić information content (AvgIpc) is 3.41. The summed E-state index contributed by atoms with van der Waals surface area (Å²) in [5.74, 6) is -0.180. The highest BCUT2D eigenvalue weighted by molar-refractivity contribution is 7.91. The van der Waals surface area contributed by atoms with E-state index in [2.05, 4.69) is 12.2 Å². The summed E-state index contributed by atoms with van der Waals surface area (Å²) in [7, 11) is -3.45. The zero-order chi connectivity index (χ0) is 21.7. The Kier molecular flexibility index (Phi) is 7.92. The molecule has 9 heteroatoms. The number of carbonyl (C=O) groups is 2. The zero-order valence-electron chi connectivity index (χ0n) is 17.9. The van der Waals surface area contributed by atoms with Gasteiger partial charge in [0.2, 0.25) is 11.8 Å². The number of rotatable bonds is 8. The number of hydrogen-bond acceptors (Lipinski definition) is 5. The molecule has 2 fully saturated rings. The van der Waals surface area contributed by atoms with Gasteiger partial charge in [-0.05, 0) is 51.2 Å². The lowest BCUT2D eigenvalue weighted by atomic mass is 9.92. The van der Waals surface area contributed by atoms with E-state index in [0.29, 0.717) is 30.4 Å². The third kappa shape index (κ3) is 5.42. The van der Waals surface area contributed by atoms with Gasteiger partial charge in [-0.2, -0.15) is 4.31 Å². The summed E-state index contributed by atoms with van der Waals surface area (Å²) in [6.07, 6.45) is 5.55. The van der Waals surface area contributed by atoms with Crippen LogP contribution in [0.4, 0.5) is 0 Å². The first-order valence-electron chi connectivity index (χ1n) is 11.0. The number of nitrogens with zero attached hydrogens (tertiary/aromatic N) is 2. The van der Waals surface area contributed by atoms with Crippen molar-refractivity contribution in [1.82, 2.24) is 14.5 Å². The van der Waals surface area contributed by atoms with Gasteiger partial charge in [0.05, 0.1) is 12.3 Å². The van der Waals surface area contributed by atoms with Crippen LogP contribution in [0.3, 0.4) is 0 Å². The Bertz CT molecular complexity index is 846. The normalized spacial score (nSPS) is 22.9. The number of hydrogen-bond donors (Lipinski definition) is 1. The first kappa shape index (κ1) is 23.2. The molecule has 2 unspecified atom stereocenters. The molecule has 7 nitrogen and oxygen atoms in total. The van der Waals surface area contributed by atoms with Crippen LogP contribution in [0, 0.1) is 5.92 Å². The van der Waals surface area contributed by atoms with Crippen molar-refractivity contribution in [2.45, 2.75) is 69.0 Å². The van der Waals surface area contributed by atoms with Crippen molar-refractivity contribution in [3.63, 3.8) is 0 Å². The number of thiophene rings is 1. The molecule has 3 heterocycles. The highest BCUT2D eigenvalue weighted by atomic mass is 32.2. The number of unbranched alkanes of at least 4 members (excludes halogenated alkanes) is 1. The highest BCUT2D eigenvalue weighted by Crippen LogP contribution is 2.29. The summed E-state index contributed by atoms with van der Waals surface area (Å²) < 4.78 is 27.3. The molecule has 0 aromatic carbocycles. The van der Waals surface area contributed by atoms with Crippen LogP contribution in [0.15, 0.2) is 16.3 Å². The molecule has 0 radical (unpaired) electrons. The van der Waals surface area contributed by atoms with Gasteiger partial charge < -0.3 is 10.2 Å². The Morgan fingerprint density at radius 2 is 1.93 bits per heavy atom. The van der Waals surface area contributed by atoms with E-state index in [1.807, 2.05) is 6.92 Å². The fourth-order valence-corrected chi connectivity index (χ4v) is 7.12. The summed E-state index contributed by atoms with van der Waals surface area (Å²) >= 11 is 1.18. The molecule has 1 aromatic rings. The number of piperidine rings is 1. The van der Waals surface area contributed by atoms with Gasteiger partial charge in [-0.25, -0.2) is 8.42 Å². The fraction of sp³-hybridized carbons (Fsp3) is 0.714. The van der Waals surface area contributed by atoms with Gasteiger partial charge in [-0.15, -0.1) is 11.3 Å². The Hall–Kier alpha value is -1.45. The van der Waals surface area contributed by atoms with Crippen molar-refractivity contribution in [2.24, 2.45) is 5.92 Å². The van der Waals surface area contributed by atoms with Crippen molar-refractivity contribution >= 4 is 33.2 Å². The number of amides is 2. The SMILES string of the molecule is CCCCNC(=O)C1CCC(C)N(C(=O)Cc2ccc(S(=O)(=O)N3CCCC3)s2)C1. The Morgan fingerprint density at radius 3 is 2.63 bits per heavy atom. The van der Waals surface area contributed by atoms with Crippen molar-refractivity contribution in [3.05, 3.63) is 17.0 Å². The number of sulfonamides is 1. The molecule has 3 rings (SSSR count). The van der Waals surface area contributed by atoms with Crippen molar-refractivity contribution < 1.29 is 18.0 Å². The van der Waals surface area contributed by atoms with Gasteiger partial charge in [-0.1, -0.05) is 13.3 Å². The third-order valence-corrected chi connectivity index (χ3v) is 9.48. The molecule has 1 aromatic heterocycles. The first-order chi connectivity index (χ1) is 14.3. The molecule has 168 valence electrons. The molecule has 0 saturated carbocycles. The molecule has 0 aliphatic carbocycles. The van der Waals surface area contributed by atoms with Crippen molar-refractivity contribution in [2.75, 3.05) is 26.2 Å². The molecule has 1 N–H and O–H groups in total. The number of carbonyl (C=O) groups excluding carboxylic acids is 2. The predicted octanol–water partition coefficient (Wildman–Crippen LogP) is 2.62. The van der Waals surface area contributed by atoms with Gasteiger partial charge in [0.25, 0.3) is 10.0 Å². The molecular weight excluding hydrogens is 422 g/mol. The lowest BCUT2D eigenvalue weighted by Gasteiger charge is -2.37. The van der Waals surface area contributed by atoms with Crippen LogP contribution in [0.25, 0.3) is 0 Å². The van der Waals surface area contributed by atoms with Gasteiger partial charge in [0.15, 0.2) is 0 Å². The lowest BCUT2D eigenvalue weighted by molar-refractivity contribution is -0.137. The minimum absolute atomic E-state index is 0.0308. The predicted molar refractivity (Wildman–Crippen MR) is 118 cm³/mol. The molecule has 2 saturated heterocycles. The molecule has 2 amide bonds. The standard InChI is InChI=1S/C21H33N3O4S2/c1-3-4-11-22-21(26)17-8-7-16(2)24(15-17)19(25)14-18-9-10-20(29-18)30(27,28)23-12-5-6-13-23/h9-10,16-17H,3-8,11-15H2,1-2H3,(H,22,26). The molecule has 2 atom stereocenters. The molecule has 2 aliphatic rings. The van der Waals surface area contributed by atoms with E-state index in [0.717, 1.165) is 43.4 Å². The van der Waals surface area contributed by atoms with E-state index in [9.17, 15) is 18.0 Å². The second kappa shape index (κ2) is 10.2. The first-order valence-corrected chi connectivity index (χ1v) is 13.2. The minimum Gasteiger partial charge on any atom is -0.356 e. The van der Waals surface area contributed by atoms with E-state index in [-0.39, 0.29) is 30.2 Å². The molecule has 0 bridgehead atoms. The van der Waals surface area contributed by atoms with Crippen LogP contribution in [0.5, 0.6) is 0 Å². The lowest BCUT2D eigenvalue weighted by Crippen LogP contribution is -2.50. The molecule has 2 aliphatic heterocycles. The topological polar surface area (TPSA) is 86.8 Å². The summed E-state index contributed by atoms with van der Waals surface area (Å²) in [6.45, 7) is 6.35. The van der Waals surface area contributed by atoms with Crippen LogP contribution in [-0.4, -0.2) is 61.7 Å². The minimum atomic E-state index is -3.45. The van der Waals surface area contributed by atoms with Crippen LogP contribution in [-0.2, 0) is 26.0 Å². The fourth-order valence-electron chi connectivity index (χ4n) is 4.10. The maximum Gasteiger partial charge on any atom is 0.252 e. The Labute approximate surface area is 183 Å². The van der Waals surface area contributed by atoms with E-state index in [1.165, 1.54) is 15.6 Å². The Morgan fingerprint density at radius 1 is 1.20 bits per heavy atom.